The van der Waals surface area contributed by atoms with E-state index in [9.17, 15) is 4.79 Å². The van der Waals surface area contributed by atoms with E-state index in [0.29, 0.717) is 23.6 Å². The Kier molecular flexibility index (Phi) is 5.12. The van der Waals surface area contributed by atoms with Crippen molar-refractivity contribution in [3.63, 3.8) is 0 Å². The largest absolute Gasteiger partial charge is 0.493 e. The number of hydrogen-bond donors (Lipinski definition) is 1. The van der Waals surface area contributed by atoms with Crippen LogP contribution in [0.15, 0.2) is 52.9 Å². The topological polar surface area (TPSA) is 54.7 Å². The molecule has 5 heteroatoms. The van der Waals surface area contributed by atoms with E-state index in [4.69, 9.17) is 9.15 Å². The van der Waals surface area contributed by atoms with E-state index in [2.05, 4.69) is 28.4 Å². The Bertz CT molecular complexity index is 942. The highest BCUT2D eigenvalue weighted by molar-refractivity contribution is 5.97. The number of amides is 1. The van der Waals surface area contributed by atoms with Crippen LogP contribution in [-0.4, -0.2) is 31.0 Å². The molecular weight excluding hydrogens is 340 g/mol. The van der Waals surface area contributed by atoms with E-state index >= 15 is 0 Å². The highest BCUT2D eigenvalue weighted by atomic mass is 16.5. The second-order valence-corrected chi connectivity index (χ2v) is 6.98. The monoisotopic (exact) mass is 364 g/mol. The molecule has 2 aromatic carbocycles. The van der Waals surface area contributed by atoms with Gasteiger partial charge >= 0.3 is 0 Å². The van der Waals surface area contributed by atoms with Gasteiger partial charge in [0, 0.05) is 18.5 Å². The summed E-state index contributed by atoms with van der Waals surface area (Å²) in [6, 6.07) is 15.8. The van der Waals surface area contributed by atoms with Crippen LogP contribution in [0.1, 0.15) is 34.5 Å². The van der Waals surface area contributed by atoms with Crippen molar-refractivity contribution < 1.29 is 13.9 Å². The lowest BCUT2D eigenvalue weighted by molar-refractivity contribution is 0.0925. The molecule has 0 bridgehead atoms. The Morgan fingerprint density at radius 1 is 1.11 bits per heavy atom. The summed E-state index contributed by atoms with van der Waals surface area (Å²) in [6.45, 7) is 3.80. The normalized spacial score (nSPS) is 14.6. The van der Waals surface area contributed by atoms with Crippen molar-refractivity contribution in [3.8, 4) is 5.75 Å². The van der Waals surface area contributed by atoms with Gasteiger partial charge in [-0.05, 0) is 49.2 Å². The minimum Gasteiger partial charge on any atom is -0.493 e. The van der Waals surface area contributed by atoms with Crippen LogP contribution in [0.2, 0.25) is 0 Å². The summed E-state index contributed by atoms with van der Waals surface area (Å²) in [5.41, 5.74) is 2.98. The molecule has 1 amide bonds. The smallest absolute Gasteiger partial charge is 0.287 e. The zero-order valence-electron chi connectivity index (χ0n) is 15.5. The summed E-state index contributed by atoms with van der Waals surface area (Å²) >= 11 is 0. The van der Waals surface area contributed by atoms with Crippen molar-refractivity contribution in [2.45, 2.75) is 25.9 Å². The number of nitrogens with one attached hydrogen (secondary N) is 1. The van der Waals surface area contributed by atoms with Crippen molar-refractivity contribution >= 4 is 16.9 Å². The molecule has 5 nitrogen and oxygen atoms in total. The Hall–Kier alpha value is -2.79. The number of para-hydroxylation sites is 1. The first-order chi connectivity index (χ1) is 13.2. The molecule has 1 aliphatic rings. The molecule has 0 atom stereocenters. The van der Waals surface area contributed by atoms with E-state index < -0.39 is 0 Å². The van der Waals surface area contributed by atoms with Crippen LogP contribution in [0.5, 0.6) is 5.75 Å². The van der Waals surface area contributed by atoms with Gasteiger partial charge in [0.05, 0.1) is 7.11 Å². The number of benzene rings is 2. The van der Waals surface area contributed by atoms with Crippen LogP contribution in [0.3, 0.4) is 0 Å². The molecule has 0 saturated carbocycles. The fraction of sp³-hybridized carbons (Fsp3) is 0.318. The van der Waals surface area contributed by atoms with Gasteiger partial charge in [-0.2, -0.15) is 0 Å². The van der Waals surface area contributed by atoms with Gasteiger partial charge in [-0.25, -0.2) is 0 Å². The Balaban J connectivity index is 1.42. The fourth-order valence-electron chi connectivity index (χ4n) is 3.62. The van der Waals surface area contributed by atoms with Crippen molar-refractivity contribution in [3.05, 3.63) is 65.4 Å². The lowest BCUT2D eigenvalue weighted by atomic mass is 10.1. The standard InChI is InChI=1S/C22H24N2O3/c1-26-19-9-5-8-18-13-20(27-21(18)19)22(25)23-14-16-6-4-7-17(12-16)15-24-10-2-3-11-24/h4-9,12-13H,2-3,10-11,14-15H2,1H3,(H,23,25). The summed E-state index contributed by atoms with van der Waals surface area (Å²) in [6.07, 6.45) is 2.58. The Labute approximate surface area is 158 Å². The van der Waals surface area contributed by atoms with Gasteiger partial charge in [0.1, 0.15) is 0 Å². The summed E-state index contributed by atoms with van der Waals surface area (Å²) < 4.78 is 11.0. The number of nitrogens with zero attached hydrogens (tertiary/aromatic N) is 1. The van der Waals surface area contributed by atoms with Gasteiger partial charge in [-0.15, -0.1) is 0 Å². The van der Waals surface area contributed by atoms with Crippen LogP contribution in [0.25, 0.3) is 11.0 Å². The summed E-state index contributed by atoms with van der Waals surface area (Å²) in [7, 11) is 1.59. The first kappa shape index (κ1) is 17.6. The Morgan fingerprint density at radius 2 is 1.89 bits per heavy atom. The van der Waals surface area contributed by atoms with Crippen LogP contribution in [0, 0.1) is 0 Å². The molecule has 1 aromatic heterocycles. The number of fused-ring (bicyclic) bond motifs is 1. The summed E-state index contributed by atoms with van der Waals surface area (Å²) in [5, 5.41) is 3.80. The molecule has 4 rings (SSSR count). The van der Waals surface area contributed by atoms with E-state index in [0.717, 1.165) is 17.5 Å². The highest BCUT2D eigenvalue weighted by Gasteiger charge is 2.15. The molecule has 0 unspecified atom stereocenters. The second kappa shape index (κ2) is 7.84. The van der Waals surface area contributed by atoms with E-state index in [-0.39, 0.29) is 5.91 Å². The summed E-state index contributed by atoms with van der Waals surface area (Å²) in [4.78, 5) is 15.0. The maximum Gasteiger partial charge on any atom is 0.287 e. The predicted molar refractivity (Wildman–Crippen MR) is 105 cm³/mol. The number of ether oxygens (including phenoxy) is 1. The lowest BCUT2D eigenvalue weighted by Crippen LogP contribution is -2.22. The van der Waals surface area contributed by atoms with E-state index in [1.807, 2.05) is 24.3 Å². The van der Waals surface area contributed by atoms with Gasteiger partial charge in [0.25, 0.3) is 5.91 Å². The van der Waals surface area contributed by atoms with Crippen molar-refractivity contribution in [1.29, 1.82) is 0 Å². The van der Waals surface area contributed by atoms with Gasteiger partial charge in [0.2, 0.25) is 0 Å². The molecule has 140 valence electrons. The predicted octanol–water partition coefficient (Wildman–Crippen LogP) is 3.97. The zero-order chi connectivity index (χ0) is 18.6. The number of likely N-dealkylation sites (tertiary alicyclic amines) is 1. The highest BCUT2D eigenvalue weighted by Crippen LogP contribution is 2.28. The van der Waals surface area contributed by atoms with Gasteiger partial charge in [0.15, 0.2) is 17.1 Å². The fourth-order valence-corrected chi connectivity index (χ4v) is 3.62. The van der Waals surface area contributed by atoms with Crippen LogP contribution < -0.4 is 10.1 Å². The number of methoxy groups -OCH3 is 1. The molecule has 2 heterocycles. The van der Waals surface area contributed by atoms with Crippen molar-refractivity contribution in [2.75, 3.05) is 20.2 Å². The van der Waals surface area contributed by atoms with Gasteiger partial charge < -0.3 is 14.5 Å². The van der Waals surface area contributed by atoms with E-state index in [1.54, 1.807) is 13.2 Å². The average Bonchev–Trinajstić information content (AvgIpc) is 3.35. The SMILES string of the molecule is COc1cccc2cc(C(=O)NCc3cccc(CN4CCCC4)c3)oc12. The molecule has 1 aliphatic heterocycles. The third-order valence-electron chi connectivity index (χ3n) is 5.00. The third-order valence-corrected chi connectivity index (χ3v) is 5.00. The minimum atomic E-state index is -0.224. The maximum absolute atomic E-state index is 12.5. The molecule has 0 aliphatic carbocycles. The summed E-state index contributed by atoms with van der Waals surface area (Å²) in [5.74, 6) is 0.696. The number of hydrogen-bond acceptors (Lipinski definition) is 4. The Morgan fingerprint density at radius 3 is 2.70 bits per heavy atom. The van der Waals surface area contributed by atoms with Crippen LogP contribution in [-0.2, 0) is 13.1 Å². The number of carbonyl (C=O) groups excluding carboxylic acids is 1. The van der Waals surface area contributed by atoms with Crippen LogP contribution >= 0.6 is 0 Å². The molecule has 1 saturated heterocycles. The minimum absolute atomic E-state index is 0.224. The van der Waals surface area contributed by atoms with Crippen LogP contribution in [0.4, 0.5) is 0 Å². The lowest BCUT2D eigenvalue weighted by Gasteiger charge is -2.15. The maximum atomic E-state index is 12.5. The molecule has 1 N–H and O–H groups in total. The molecule has 1 fully saturated rings. The average molecular weight is 364 g/mol. The molecular formula is C22H24N2O3. The molecule has 0 radical (unpaired) electrons. The van der Waals surface area contributed by atoms with Crippen molar-refractivity contribution in [2.24, 2.45) is 0 Å². The van der Waals surface area contributed by atoms with Gasteiger partial charge in [-0.1, -0.05) is 36.4 Å². The first-order valence-electron chi connectivity index (χ1n) is 9.38. The van der Waals surface area contributed by atoms with E-state index in [1.165, 1.54) is 31.5 Å². The zero-order valence-corrected chi connectivity index (χ0v) is 15.5. The molecule has 0 spiro atoms. The quantitative estimate of drug-likeness (QED) is 0.719. The second-order valence-electron chi connectivity index (χ2n) is 6.98. The molecule has 27 heavy (non-hydrogen) atoms. The number of furan rings is 1. The third kappa shape index (κ3) is 3.98. The molecule has 3 aromatic rings. The van der Waals surface area contributed by atoms with Crippen molar-refractivity contribution in [1.82, 2.24) is 10.2 Å². The number of rotatable bonds is 6. The number of carbonyl (C=O) groups is 1. The van der Waals surface area contributed by atoms with Gasteiger partial charge in [-0.3, -0.25) is 9.69 Å². The first-order valence-corrected chi connectivity index (χ1v) is 9.38.